The first-order valence-electron chi connectivity index (χ1n) is 9.87. The predicted molar refractivity (Wildman–Crippen MR) is 111 cm³/mol. The molecule has 0 aromatic heterocycles. The number of methoxy groups -OCH3 is 1. The summed E-state index contributed by atoms with van der Waals surface area (Å²) in [4.78, 5) is 28.7. The van der Waals surface area contributed by atoms with Crippen LogP contribution in [0, 0.1) is 0 Å². The van der Waals surface area contributed by atoms with Gasteiger partial charge in [-0.05, 0) is 42.3 Å². The Bertz CT molecular complexity index is 844. The number of ether oxygens (including phenoxy) is 1. The molecule has 1 atom stereocenters. The fraction of sp³-hybridized carbons (Fsp3) is 0.455. The number of hydrogen-bond acceptors (Lipinski definition) is 4. The van der Waals surface area contributed by atoms with E-state index in [4.69, 9.17) is 4.74 Å². The molecule has 0 unspecified atom stereocenters. The molecule has 2 aromatic rings. The largest absolute Gasteiger partial charge is 0.497 e. The molecule has 1 aliphatic heterocycles. The Balaban J connectivity index is 1.61. The maximum Gasteiger partial charge on any atom is 0.234 e. The zero-order valence-corrected chi connectivity index (χ0v) is 16.9. The Labute approximate surface area is 166 Å². The quantitative estimate of drug-likeness (QED) is 0.831. The fourth-order valence-electron chi connectivity index (χ4n) is 3.64. The standard InChI is InChI=1S/C22H29N3O3/c1-4-23-21(26)15-24-9-11-25(12-10-24)22(27)16(2)17-5-6-19-14-20(28-3)8-7-18(19)13-17/h5-8,13-14,16H,4,9-12,15H2,1-3H3,(H,23,26)/t16-/m0/s1. The number of nitrogens with one attached hydrogen (secondary N) is 1. The lowest BCUT2D eigenvalue weighted by Crippen LogP contribution is -2.51. The minimum absolute atomic E-state index is 0.0449. The third kappa shape index (κ3) is 4.62. The van der Waals surface area contributed by atoms with Crippen LogP contribution in [0.1, 0.15) is 25.3 Å². The van der Waals surface area contributed by atoms with Crippen molar-refractivity contribution in [1.29, 1.82) is 0 Å². The van der Waals surface area contributed by atoms with Crippen LogP contribution in [0.3, 0.4) is 0 Å². The van der Waals surface area contributed by atoms with Gasteiger partial charge in [0.15, 0.2) is 0 Å². The van der Waals surface area contributed by atoms with Gasteiger partial charge in [0.2, 0.25) is 11.8 Å². The van der Waals surface area contributed by atoms with Crippen molar-refractivity contribution in [2.45, 2.75) is 19.8 Å². The summed E-state index contributed by atoms with van der Waals surface area (Å²) in [7, 11) is 1.66. The molecule has 2 aromatic carbocycles. The summed E-state index contributed by atoms with van der Waals surface area (Å²) >= 11 is 0. The lowest BCUT2D eigenvalue weighted by atomic mass is 9.96. The van der Waals surface area contributed by atoms with Crippen LogP contribution in [0.4, 0.5) is 0 Å². The van der Waals surface area contributed by atoms with Crippen molar-refractivity contribution in [2.75, 3.05) is 46.4 Å². The molecule has 0 saturated carbocycles. The second-order valence-electron chi connectivity index (χ2n) is 7.25. The topological polar surface area (TPSA) is 61.9 Å². The molecular weight excluding hydrogens is 354 g/mol. The number of benzene rings is 2. The normalized spacial score (nSPS) is 16.0. The van der Waals surface area contributed by atoms with Crippen molar-refractivity contribution >= 4 is 22.6 Å². The van der Waals surface area contributed by atoms with Crippen LogP contribution in [0.25, 0.3) is 10.8 Å². The second kappa shape index (κ2) is 9.06. The Morgan fingerprint density at radius 2 is 1.75 bits per heavy atom. The van der Waals surface area contributed by atoms with E-state index in [1.54, 1.807) is 7.11 Å². The van der Waals surface area contributed by atoms with Crippen molar-refractivity contribution in [2.24, 2.45) is 0 Å². The van der Waals surface area contributed by atoms with Gasteiger partial charge in [-0.2, -0.15) is 0 Å². The number of carbonyl (C=O) groups excluding carboxylic acids is 2. The third-order valence-electron chi connectivity index (χ3n) is 5.37. The molecule has 1 N–H and O–H groups in total. The lowest BCUT2D eigenvalue weighted by molar-refractivity contribution is -0.134. The van der Waals surface area contributed by atoms with Gasteiger partial charge in [0.05, 0.1) is 19.6 Å². The summed E-state index contributed by atoms with van der Waals surface area (Å²) in [6.45, 7) is 7.71. The van der Waals surface area contributed by atoms with E-state index in [1.807, 2.05) is 49.1 Å². The van der Waals surface area contributed by atoms with Gasteiger partial charge in [0.25, 0.3) is 0 Å². The molecule has 0 aliphatic carbocycles. The number of piperazine rings is 1. The highest BCUT2D eigenvalue weighted by Gasteiger charge is 2.26. The van der Waals surface area contributed by atoms with Crippen LogP contribution in [0.15, 0.2) is 36.4 Å². The van der Waals surface area contributed by atoms with Gasteiger partial charge < -0.3 is 15.0 Å². The first-order valence-corrected chi connectivity index (χ1v) is 9.87. The van der Waals surface area contributed by atoms with Crippen LogP contribution >= 0.6 is 0 Å². The van der Waals surface area contributed by atoms with Crippen molar-refractivity contribution in [1.82, 2.24) is 15.1 Å². The highest BCUT2D eigenvalue weighted by Crippen LogP contribution is 2.26. The minimum Gasteiger partial charge on any atom is -0.497 e. The highest BCUT2D eigenvalue weighted by atomic mass is 16.5. The molecule has 6 nitrogen and oxygen atoms in total. The van der Waals surface area contributed by atoms with Crippen molar-refractivity contribution in [3.63, 3.8) is 0 Å². The van der Waals surface area contributed by atoms with E-state index in [0.29, 0.717) is 26.2 Å². The van der Waals surface area contributed by atoms with E-state index in [-0.39, 0.29) is 17.7 Å². The molecule has 2 amide bonds. The first-order chi connectivity index (χ1) is 13.5. The molecule has 1 heterocycles. The molecule has 1 aliphatic rings. The lowest BCUT2D eigenvalue weighted by Gasteiger charge is -2.35. The number of fused-ring (bicyclic) bond motifs is 1. The van der Waals surface area contributed by atoms with Gasteiger partial charge in [-0.3, -0.25) is 14.5 Å². The van der Waals surface area contributed by atoms with Gasteiger partial charge >= 0.3 is 0 Å². The summed E-state index contributed by atoms with van der Waals surface area (Å²) in [5.41, 5.74) is 1.02. The zero-order chi connectivity index (χ0) is 20.1. The van der Waals surface area contributed by atoms with Gasteiger partial charge in [-0.15, -0.1) is 0 Å². The maximum absolute atomic E-state index is 13.0. The average Bonchev–Trinajstić information content (AvgIpc) is 2.72. The number of carbonyl (C=O) groups is 2. The molecule has 6 heteroatoms. The van der Waals surface area contributed by atoms with E-state index in [9.17, 15) is 9.59 Å². The smallest absolute Gasteiger partial charge is 0.234 e. The molecule has 150 valence electrons. The molecule has 1 saturated heterocycles. The van der Waals surface area contributed by atoms with Gasteiger partial charge in [0, 0.05) is 32.7 Å². The Morgan fingerprint density at radius 1 is 1.07 bits per heavy atom. The Kier molecular flexibility index (Phi) is 6.52. The molecular formula is C22H29N3O3. The van der Waals surface area contributed by atoms with E-state index < -0.39 is 0 Å². The van der Waals surface area contributed by atoms with Crippen LogP contribution in [0.2, 0.25) is 0 Å². The second-order valence-corrected chi connectivity index (χ2v) is 7.25. The van der Waals surface area contributed by atoms with Gasteiger partial charge in [0.1, 0.15) is 5.75 Å². The minimum atomic E-state index is -0.193. The third-order valence-corrected chi connectivity index (χ3v) is 5.37. The van der Waals surface area contributed by atoms with E-state index in [2.05, 4.69) is 16.3 Å². The van der Waals surface area contributed by atoms with Gasteiger partial charge in [-0.1, -0.05) is 24.3 Å². The number of likely N-dealkylation sites (N-methyl/N-ethyl adjacent to an activating group) is 1. The number of amides is 2. The van der Waals surface area contributed by atoms with Crippen molar-refractivity contribution < 1.29 is 14.3 Å². The zero-order valence-electron chi connectivity index (χ0n) is 16.9. The number of nitrogens with zero attached hydrogens (tertiary/aromatic N) is 2. The maximum atomic E-state index is 13.0. The SMILES string of the molecule is CCNC(=O)CN1CCN(C(=O)[C@@H](C)c2ccc3cc(OC)ccc3c2)CC1. The van der Waals surface area contributed by atoms with E-state index in [1.165, 1.54) is 0 Å². The Morgan fingerprint density at radius 3 is 2.43 bits per heavy atom. The molecule has 1 fully saturated rings. The molecule has 0 spiro atoms. The average molecular weight is 383 g/mol. The van der Waals surface area contributed by atoms with Crippen LogP contribution in [-0.4, -0.2) is 68.0 Å². The van der Waals surface area contributed by atoms with Crippen molar-refractivity contribution in [3.8, 4) is 5.75 Å². The fourth-order valence-corrected chi connectivity index (χ4v) is 3.64. The van der Waals surface area contributed by atoms with Crippen LogP contribution in [-0.2, 0) is 9.59 Å². The summed E-state index contributed by atoms with van der Waals surface area (Å²) in [6.07, 6.45) is 0. The monoisotopic (exact) mass is 383 g/mol. The summed E-state index contributed by atoms with van der Waals surface area (Å²) in [6, 6.07) is 12.1. The van der Waals surface area contributed by atoms with E-state index >= 15 is 0 Å². The number of hydrogen-bond donors (Lipinski definition) is 1. The first kappa shape index (κ1) is 20.1. The molecule has 0 bridgehead atoms. The predicted octanol–water partition coefficient (Wildman–Crippen LogP) is 2.23. The Hall–Kier alpha value is -2.60. The van der Waals surface area contributed by atoms with Gasteiger partial charge in [-0.25, -0.2) is 0 Å². The van der Waals surface area contributed by atoms with E-state index in [0.717, 1.165) is 35.2 Å². The highest BCUT2D eigenvalue weighted by molar-refractivity contribution is 5.88. The molecule has 3 rings (SSSR count). The van der Waals surface area contributed by atoms with Crippen LogP contribution in [0.5, 0.6) is 5.75 Å². The molecule has 0 radical (unpaired) electrons. The van der Waals surface area contributed by atoms with Crippen LogP contribution < -0.4 is 10.1 Å². The summed E-state index contributed by atoms with van der Waals surface area (Å²) in [5.74, 6) is 0.824. The molecule has 28 heavy (non-hydrogen) atoms. The van der Waals surface area contributed by atoms with Crippen molar-refractivity contribution in [3.05, 3.63) is 42.0 Å². The summed E-state index contributed by atoms with van der Waals surface area (Å²) < 4.78 is 5.27. The number of rotatable bonds is 6. The summed E-state index contributed by atoms with van der Waals surface area (Å²) in [5, 5.41) is 5.02.